The lowest BCUT2D eigenvalue weighted by molar-refractivity contribution is 0.660. The Morgan fingerprint density at radius 1 is 0.383 bits per heavy atom. The Hall–Kier alpha value is -7.62. The first-order chi connectivity index (χ1) is 29.5. The summed E-state index contributed by atoms with van der Waals surface area (Å²) in [5.74, 6) is 0. The van der Waals surface area contributed by atoms with E-state index in [-0.39, 0.29) is 5.41 Å². The first-order valence-corrected chi connectivity index (χ1v) is 20.7. The van der Waals surface area contributed by atoms with E-state index < -0.39 is 0 Å². The maximum atomic E-state index is 7.38. The molecule has 1 aliphatic carbocycles. The van der Waals surface area contributed by atoms with Gasteiger partial charge in [-0.2, -0.15) is 0 Å². The number of fused-ring (bicyclic) bond motifs is 9. The van der Waals surface area contributed by atoms with E-state index in [0.29, 0.717) is 0 Å². The van der Waals surface area contributed by atoms with Crippen LogP contribution < -0.4 is 4.90 Å². The highest BCUT2D eigenvalue weighted by atomic mass is 16.3. The van der Waals surface area contributed by atoms with Gasteiger partial charge in [0, 0.05) is 43.9 Å². The van der Waals surface area contributed by atoms with Gasteiger partial charge in [-0.05, 0) is 98.6 Å². The molecule has 0 N–H and O–H groups in total. The van der Waals surface area contributed by atoms with Gasteiger partial charge in [0.25, 0.3) is 0 Å². The molecule has 0 atom stereocenters. The Kier molecular flexibility index (Phi) is 7.58. The van der Waals surface area contributed by atoms with Gasteiger partial charge in [0.1, 0.15) is 16.7 Å². The fourth-order valence-corrected chi connectivity index (χ4v) is 9.77. The van der Waals surface area contributed by atoms with E-state index in [0.717, 1.165) is 83.2 Å². The predicted octanol–water partition coefficient (Wildman–Crippen LogP) is 16.3. The second-order valence-corrected chi connectivity index (χ2v) is 16.5. The molecule has 3 heteroatoms. The summed E-state index contributed by atoms with van der Waals surface area (Å²) in [4.78, 5) is 2.38. The Bertz CT molecular complexity index is 3460. The molecule has 0 unspecified atom stereocenters. The Morgan fingerprint density at radius 2 is 1.00 bits per heavy atom. The summed E-state index contributed by atoms with van der Waals surface area (Å²) < 4.78 is 14.0. The molecule has 0 saturated carbocycles. The molecule has 0 spiro atoms. The van der Waals surface area contributed by atoms with Crippen LogP contribution in [0, 0.1) is 0 Å². The lowest BCUT2D eigenvalue weighted by atomic mass is 9.82. The number of furan rings is 2. The fraction of sp³-hybridized carbons (Fsp3) is 0.0526. The molecule has 9 aromatic carbocycles. The largest absolute Gasteiger partial charge is 0.456 e. The third-order valence-corrected chi connectivity index (χ3v) is 12.6. The first kappa shape index (κ1) is 34.4. The minimum absolute atomic E-state index is 0.162. The highest BCUT2D eigenvalue weighted by Gasteiger charge is 2.36. The molecule has 3 nitrogen and oxygen atoms in total. The fourth-order valence-electron chi connectivity index (χ4n) is 9.77. The topological polar surface area (TPSA) is 29.5 Å². The zero-order chi connectivity index (χ0) is 40.0. The van der Waals surface area contributed by atoms with Crippen LogP contribution in [0.15, 0.2) is 209 Å². The summed E-state index contributed by atoms with van der Waals surface area (Å²) in [5, 5.41) is 4.17. The van der Waals surface area contributed by atoms with Gasteiger partial charge in [0.05, 0.1) is 5.69 Å². The van der Waals surface area contributed by atoms with Gasteiger partial charge in [-0.15, -0.1) is 0 Å². The average Bonchev–Trinajstić information content (AvgIpc) is 3.94. The predicted molar refractivity (Wildman–Crippen MR) is 250 cm³/mol. The van der Waals surface area contributed by atoms with Crippen LogP contribution >= 0.6 is 0 Å². The minimum atomic E-state index is -0.162. The smallest absolute Gasteiger partial charge is 0.159 e. The summed E-state index contributed by atoms with van der Waals surface area (Å²) in [5.41, 5.74) is 18.3. The standard InChI is InChI=1S/C57H39NO2/c1-57(2)48-27-11-9-24-43(48)44-31-30-42(34-49(44)57)58(41-23-14-21-39(33-41)37-18-7-4-8-19-37)50-28-15-26-45-47-35-52-54(46-25-10-12-29-51(46)59-52)53(56(47)60-55(45)50)40-22-13-20-38(32-40)36-16-5-3-6-17-36/h3-35H,1-2H3. The van der Waals surface area contributed by atoms with Crippen LogP contribution in [0.4, 0.5) is 17.1 Å². The summed E-state index contributed by atoms with van der Waals surface area (Å²) in [7, 11) is 0. The van der Waals surface area contributed by atoms with Crippen molar-refractivity contribution in [1.82, 2.24) is 0 Å². The van der Waals surface area contributed by atoms with Crippen LogP contribution in [0.2, 0.25) is 0 Å². The van der Waals surface area contributed by atoms with Crippen LogP contribution in [0.3, 0.4) is 0 Å². The zero-order valence-corrected chi connectivity index (χ0v) is 33.3. The summed E-state index contributed by atoms with van der Waals surface area (Å²) in [6, 6.07) is 71.7. The van der Waals surface area contributed by atoms with Gasteiger partial charge >= 0.3 is 0 Å². The van der Waals surface area contributed by atoms with Crippen molar-refractivity contribution < 1.29 is 8.83 Å². The zero-order valence-electron chi connectivity index (χ0n) is 33.3. The van der Waals surface area contributed by atoms with Gasteiger partial charge < -0.3 is 13.7 Å². The van der Waals surface area contributed by atoms with Gasteiger partial charge in [-0.1, -0.05) is 166 Å². The molecular formula is C57H39NO2. The van der Waals surface area contributed by atoms with E-state index in [1.165, 1.54) is 33.4 Å². The quantitative estimate of drug-likeness (QED) is 0.169. The molecule has 0 saturated heterocycles. The Labute approximate surface area is 348 Å². The molecule has 11 aromatic rings. The lowest BCUT2D eigenvalue weighted by Crippen LogP contribution is -2.16. The Balaban J connectivity index is 1.13. The van der Waals surface area contributed by atoms with Gasteiger partial charge in [0.2, 0.25) is 0 Å². The van der Waals surface area contributed by atoms with Crippen molar-refractivity contribution in [3.63, 3.8) is 0 Å². The number of benzene rings is 9. The van der Waals surface area contributed by atoms with E-state index in [9.17, 15) is 0 Å². The number of hydrogen-bond acceptors (Lipinski definition) is 3. The van der Waals surface area contributed by atoms with E-state index in [2.05, 4.69) is 213 Å². The number of rotatable bonds is 6. The number of anilines is 3. The number of hydrogen-bond donors (Lipinski definition) is 0. The van der Waals surface area contributed by atoms with Crippen molar-refractivity contribution in [1.29, 1.82) is 0 Å². The molecule has 2 aromatic heterocycles. The maximum Gasteiger partial charge on any atom is 0.159 e. The van der Waals surface area contributed by atoms with E-state index in [1.54, 1.807) is 0 Å². The highest BCUT2D eigenvalue weighted by molar-refractivity contribution is 6.24. The molecule has 0 aliphatic heterocycles. The van der Waals surface area contributed by atoms with Gasteiger partial charge in [0.15, 0.2) is 5.58 Å². The highest BCUT2D eigenvalue weighted by Crippen LogP contribution is 2.52. The van der Waals surface area contributed by atoms with Crippen LogP contribution in [0.1, 0.15) is 25.0 Å². The number of nitrogens with zero attached hydrogens (tertiary/aromatic N) is 1. The molecular weight excluding hydrogens is 731 g/mol. The maximum absolute atomic E-state index is 7.38. The molecule has 0 radical (unpaired) electrons. The van der Waals surface area contributed by atoms with Crippen LogP contribution in [-0.2, 0) is 5.41 Å². The summed E-state index contributed by atoms with van der Waals surface area (Å²) in [6.45, 7) is 4.69. The molecule has 0 amide bonds. The molecule has 12 rings (SSSR count). The molecule has 2 heterocycles. The monoisotopic (exact) mass is 769 g/mol. The van der Waals surface area contributed by atoms with Crippen molar-refractivity contribution >= 4 is 60.9 Å². The third-order valence-electron chi connectivity index (χ3n) is 12.6. The van der Waals surface area contributed by atoms with Crippen molar-refractivity contribution in [3.05, 3.63) is 211 Å². The van der Waals surface area contributed by atoms with Gasteiger partial charge in [-0.25, -0.2) is 0 Å². The van der Waals surface area contributed by atoms with Crippen LogP contribution in [-0.4, -0.2) is 0 Å². The van der Waals surface area contributed by atoms with Gasteiger partial charge in [-0.3, -0.25) is 0 Å². The Morgan fingerprint density at radius 3 is 1.82 bits per heavy atom. The summed E-state index contributed by atoms with van der Waals surface area (Å²) in [6.07, 6.45) is 0. The SMILES string of the molecule is CC1(C)c2ccccc2-c2ccc(N(c3cccc(-c4ccccc4)c3)c3cccc4c3oc3c(-c5cccc(-c6ccccc6)c5)c5c(cc34)oc3ccccc35)cc21. The normalized spacial score (nSPS) is 13.0. The molecule has 0 bridgehead atoms. The second kappa shape index (κ2) is 13.2. The molecule has 0 fully saturated rings. The molecule has 1 aliphatic rings. The van der Waals surface area contributed by atoms with Crippen LogP contribution in [0.5, 0.6) is 0 Å². The lowest BCUT2D eigenvalue weighted by Gasteiger charge is -2.28. The van der Waals surface area contributed by atoms with Crippen molar-refractivity contribution in [2.45, 2.75) is 19.3 Å². The van der Waals surface area contributed by atoms with E-state index in [4.69, 9.17) is 8.83 Å². The summed E-state index contributed by atoms with van der Waals surface area (Å²) >= 11 is 0. The van der Waals surface area contributed by atoms with Crippen molar-refractivity contribution in [3.8, 4) is 44.5 Å². The second-order valence-electron chi connectivity index (χ2n) is 16.5. The van der Waals surface area contributed by atoms with E-state index >= 15 is 0 Å². The van der Waals surface area contributed by atoms with E-state index in [1.807, 2.05) is 6.07 Å². The first-order valence-electron chi connectivity index (χ1n) is 20.7. The molecule has 60 heavy (non-hydrogen) atoms. The third kappa shape index (κ3) is 5.22. The minimum Gasteiger partial charge on any atom is -0.456 e. The van der Waals surface area contributed by atoms with Crippen LogP contribution in [0.25, 0.3) is 88.4 Å². The average molecular weight is 770 g/mol. The van der Waals surface area contributed by atoms with Crippen molar-refractivity contribution in [2.24, 2.45) is 0 Å². The molecule has 284 valence electrons. The number of para-hydroxylation sites is 2. The van der Waals surface area contributed by atoms with Crippen molar-refractivity contribution in [2.75, 3.05) is 4.90 Å².